The molecular weight excluding hydrogens is 508 g/mol. The van der Waals surface area contributed by atoms with Gasteiger partial charge in [0.15, 0.2) is 0 Å². The summed E-state index contributed by atoms with van der Waals surface area (Å²) >= 11 is 0. The summed E-state index contributed by atoms with van der Waals surface area (Å²) in [6.07, 6.45) is -4.38. The van der Waals surface area contributed by atoms with Crippen LogP contribution in [0.15, 0.2) is 77.9 Å². The molecule has 0 spiro atoms. The van der Waals surface area contributed by atoms with E-state index in [2.05, 4.69) is 5.10 Å². The van der Waals surface area contributed by atoms with Crippen LogP contribution < -0.4 is 0 Å². The Hall–Kier alpha value is -4.61. The number of carbonyl (C=O) groups is 2. The number of hydrogen-bond donors (Lipinski definition) is 0. The van der Waals surface area contributed by atoms with E-state index >= 15 is 0 Å². The first-order chi connectivity index (χ1) is 17.9. The molecule has 0 radical (unpaired) electrons. The van der Waals surface area contributed by atoms with Crippen molar-refractivity contribution in [3.05, 3.63) is 111 Å². The molecule has 0 fully saturated rings. The highest BCUT2D eigenvalue weighted by Crippen LogP contribution is 2.34. The number of hydrogen-bond acceptors (Lipinski definition) is 5. The molecule has 4 rings (SSSR count). The second-order valence-corrected chi connectivity index (χ2v) is 8.60. The predicted molar refractivity (Wildman–Crippen MR) is 129 cm³/mol. The van der Waals surface area contributed by atoms with Crippen molar-refractivity contribution in [1.82, 2.24) is 9.91 Å². The van der Waals surface area contributed by atoms with Gasteiger partial charge in [0, 0.05) is 31.2 Å². The van der Waals surface area contributed by atoms with Crippen LogP contribution in [0.3, 0.4) is 0 Å². The van der Waals surface area contributed by atoms with Crippen molar-refractivity contribution in [3.63, 3.8) is 0 Å². The molecule has 8 nitrogen and oxygen atoms in total. The SMILES string of the molecule is CN(CC(=O)N1N=C(c2ccc(F)cc2)CC1c1cccc([N+](=O)[O-])c1)C(=O)c1ccc(C(F)(F)F)cc1. The van der Waals surface area contributed by atoms with Crippen LogP contribution in [0.4, 0.5) is 23.2 Å². The number of nitrogens with zero attached hydrogens (tertiary/aromatic N) is 4. The summed E-state index contributed by atoms with van der Waals surface area (Å²) < 4.78 is 51.9. The predicted octanol–water partition coefficient (Wildman–Crippen LogP) is 5.20. The van der Waals surface area contributed by atoms with Gasteiger partial charge >= 0.3 is 6.18 Å². The van der Waals surface area contributed by atoms with E-state index in [-0.39, 0.29) is 17.7 Å². The van der Waals surface area contributed by atoms with Crippen LogP contribution in [-0.4, -0.2) is 46.0 Å². The van der Waals surface area contributed by atoms with Crippen molar-refractivity contribution < 1.29 is 32.1 Å². The molecule has 3 aromatic rings. The van der Waals surface area contributed by atoms with Crippen LogP contribution >= 0.6 is 0 Å². The first kappa shape index (κ1) is 26.5. The summed E-state index contributed by atoms with van der Waals surface area (Å²) in [6, 6.07) is 14.1. The van der Waals surface area contributed by atoms with Crippen molar-refractivity contribution in [2.45, 2.75) is 18.6 Å². The molecule has 2 amide bonds. The van der Waals surface area contributed by atoms with E-state index in [9.17, 15) is 37.3 Å². The molecule has 0 aliphatic carbocycles. The minimum absolute atomic E-state index is 0.0412. The molecule has 196 valence electrons. The Balaban J connectivity index is 1.58. The fraction of sp³-hybridized carbons (Fsp3) is 0.192. The summed E-state index contributed by atoms with van der Waals surface area (Å²) in [7, 11) is 1.32. The Kier molecular flexibility index (Phi) is 7.24. The minimum atomic E-state index is -4.55. The van der Waals surface area contributed by atoms with Crippen molar-refractivity contribution in [2.24, 2.45) is 5.10 Å². The largest absolute Gasteiger partial charge is 0.416 e. The van der Waals surface area contributed by atoms with Gasteiger partial charge in [-0.25, -0.2) is 9.40 Å². The number of carbonyl (C=O) groups excluding carboxylic acids is 2. The molecule has 0 bridgehead atoms. The van der Waals surface area contributed by atoms with E-state index in [1.165, 1.54) is 49.5 Å². The minimum Gasteiger partial charge on any atom is -0.332 e. The number of non-ortho nitro benzene ring substituents is 1. The van der Waals surface area contributed by atoms with Crippen LogP contribution in [0.5, 0.6) is 0 Å². The quantitative estimate of drug-likeness (QED) is 0.250. The number of alkyl halides is 3. The molecule has 0 saturated carbocycles. The molecule has 1 aliphatic rings. The average molecular weight is 528 g/mol. The second-order valence-electron chi connectivity index (χ2n) is 8.60. The van der Waals surface area contributed by atoms with Gasteiger partial charge in [0.25, 0.3) is 17.5 Å². The van der Waals surface area contributed by atoms with E-state index < -0.39 is 46.9 Å². The van der Waals surface area contributed by atoms with Crippen LogP contribution in [0.1, 0.15) is 39.5 Å². The smallest absolute Gasteiger partial charge is 0.332 e. The van der Waals surface area contributed by atoms with Gasteiger partial charge in [0.1, 0.15) is 12.4 Å². The maximum absolute atomic E-state index is 13.4. The van der Waals surface area contributed by atoms with Gasteiger partial charge in [-0.1, -0.05) is 24.3 Å². The molecule has 38 heavy (non-hydrogen) atoms. The lowest BCUT2D eigenvalue weighted by Crippen LogP contribution is -2.39. The normalized spacial score (nSPS) is 15.2. The lowest BCUT2D eigenvalue weighted by atomic mass is 9.98. The molecule has 12 heteroatoms. The van der Waals surface area contributed by atoms with Gasteiger partial charge in [-0.2, -0.15) is 18.3 Å². The van der Waals surface area contributed by atoms with Gasteiger partial charge in [0.2, 0.25) is 0 Å². The number of likely N-dealkylation sites (N-methyl/N-ethyl adjacent to an activating group) is 1. The van der Waals surface area contributed by atoms with Crippen molar-refractivity contribution in [3.8, 4) is 0 Å². The number of nitro benzene ring substituents is 1. The van der Waals surface area contributed by atoms with Gasteiger partial charge in [-0.05, 0) is 47.5 Å². The molecule has 0 N–H and O–H groups in total. The van der Waals surface area contributed by atoms with E-state index in [1.807, 2.05) is 0 Å². The maximum Gasteiger partial charge on any atom is 0.416 e. The summed E-state index contributed by atoms with van der Waals surface area (Å²) in [5.74, 6) is -1.76. The number of halogens is 4. The molecule has 0 saturated heterocycles. The third kappa shape index (κ3) is 5.69. The zero-order chi connectivity index (χ0) is 27.6. The zero-order valence-electron chi connectivity index (χ0n) is 19.9. The third-order valence-electron chi connectivity index (χ3n) is 5.99. The summed E-state index contributed by atoms with van der Waals surface area (Å²) in [4.78, 5) is 37.8. The van der Waals surface area contributed by atoms with Crippen LogP contribution in [0, 0.1) is 15.9 Å². The number of nitro groups is 1. The number of hydrazone groups is 1. The fourth-order valence-electron chi connectivity index (χ4n) is 4.03. The van der Waals surface area contributed by atoms with Gasteiger partial charge in [-0.15, -0.1) is 0 Å². The highest BCUT2D eigenvalue weighted by molar-refractivity contribution is 6.03. The monoisotopic (exact) mass is 528 g/mol. The first-order valence-corrected chi connectivity index (χ1v) is 11.3. The van der Waals surface area contributed by atoms with E-state index in [4.69, 9.17) is 0 Å². The lowest BCUT2D eigenvalue weighted by Gasteiger charge is -2.25. The Morgan fingerprint density at radius 1 is 1.08 bits per heavy atom. The average Bonchev–Trinajstić information content (AvgIpc) is 3.34. The number of benzene rings is 3. The van der Waals surface area contributed by atoms with Crippen molar-refractivity contribution in [2.75, 3.05) is 13.6 Å². The molecule has 3 aromatic carbocycles. The third-order valence-corrected chi connectivity index (χ3v) is 5.99. The van der Waals surface area contributed by atoms with Crippen molar-refractivity contribution in [1.29, 1.82) is 0 Å². The van der Waals surface area contributed by atoms with Gasteiger partial charge < -0.3 is 4.90 Å². The second kappa shape index (κ2) is 10.4. The Labute approximate surface area is 213 Å². The number of rotatable bonds is 6. The van der Waals surface area contributed by atoms with E-state index in [1.54, 1.807) is 6.07 Å². The molecular formula is C26H20F4N4O4. The Morgan fingerprint density at radius 3 is 2.34 bits per heavy atom. The summed E-state index contributed by atoms with van der Waals surface area (Å²) in [6.45, 7) is -0.467. The molecule has 1 aliphatic heterocycles. The summed E-state index contributed by atoms with van der Waals surface area (Å²) in [5.41, 5.74) is 0.288. The Bertz CT molecular complexity index is 1410. The summed E-state index contributed by atoms with van der Waals surface area (Å²) in [5, 5.41) is 16.8. The topological polar surface area (TPSA) is 96.1 Å². The van der Waals surface area contributed by atoms with E-state index in [0.717, 1.165) is 34.2 Å². The highest BCUT2D eigenvalue weighted by atomic mass is 19.4. The molecule has 0 aromatic heterocycles. The Morgan fingerprint density at radius 2 is 1.74 bits per heavy atom. The van der Waals surface area contributed by atoms with Crippen molar-refractivity contribution >= 4 is 23.2 Å². The van der Waals surface area contributed by atoms with Crippen LogP contribution in [0.25, 0.3) is 0 Å². The first-order valence-electron chi connectivity index (χ1n) is 11.3. The number of amides is 2. The molecule has 1 heterocycles. The molecule has 1 atom stereocenters. The van der Waals surface area contributed by atoms with Gasteiger partial charge in [-0.3, -0.25) is 19.7 Å². The maximum atomic E-state index is 13.4. The van der Waals surface area contributed by atoms with Crippen LogP contribution in [-0.2, 0) is 11.0 Å². The highest BCUT2D eigenvalue weighted by Gasteiger charge is 2.35. The fourth-order valence-corrected chi connectivity index (χ4v) is 4.03. The van der Waals surface area contributed by atoms with Gasteiger partial charge in [0.05, 0.1) is 22.2 Å². The molecule has 1 unspecified atom stereocenters. The lowest BCUT2D eigenvalue weighted by molar-refractivity contribution is -0.385. The van der Waals surface area contributed by atoms with Crippen LogP contribution in [0.2, 0.25) is 0 Å². The van der Waals surface area contributed by atoms with E-state index in [0.29, 0.717) is 16.8 Å². The standard InChI is InChI=1S/C26H20F4N4O4/c1-32(25(36)17-5-9-19(10-6-17)26(28,29)30)15-24(35)33-23(18-3-2-4-21(13-18)34(37)38)14-22(31-33)16-7-11-20(27)12-8-16/h2-13,23H,14-15H2,1H3. The zero-order valence-corrected chi connectivity index (χ0v) is 19.9.